The molecule has 2 amide bonds. The summed E-state index contributed by atoms with van der Waals surface area (Å²) >= 11 is 0. The van der Waals surface area contributed by atoms with Crippen molar-refractivity contribution in [3.8, 4) is 0 Å². The van der Waals surface area contributed by atoms with E-state index in [0.29, 0.717) is 5.56 Å². The van der Waals surface area contributed by atoms with Crippen LogP contribution in [0.25, 0.3) is 0 Å². The summed E-state index contributed by atoms with van der Waals surface area (Å²) < 4.78 is -0.685. The average molecular weight is 262 g/mol. The fraction of sp³-hybridized carbons (Fsp3) is 0.357. The number of amides is 2. The van der Waals surface area contributed by atoms with Crippen LogP contribution in [-0.4, -0.2) is 33.9 Å². The topological polar surface area (TPSA) is 71.4 Å². The van der Waals surface area contributed by atoms with Crippen LogP contribution in [0, 0.1) is 0 Å². The van der Waals surface area contributed by atoms with Crippen molar-refractivity contribution in [1.82, 2.24) is 0 Å². The van der Waals surface area contributed by atoms with Crippen LogP contribution in [0.1, 0.15) is 31.4 Å². The van der Waals surface area contributed by atoms with Crippen molar-refractivity contribution in [3.05, 3.63) is 35.9 Å². The molecule has 0 bridgehead atoms. The van der Waals surface area contributed by atoms with Crippen LogP contribution in [-0.2, 0) is 9.59 Å². The molecule has 1 N–H and O–H groups in total. The van der Waals surface area contributed by atoms with E-state index in [1.165, 1.54) is 6.92 Å². The second-order valence-electron chi connectivity index (χ2n) is 4.81. The lowest BCUT2D eigenvalue weighted by Gasteiger charge is -2.39. The number of hydrogen-bond acceptors (Lipinski definition) is 3. The van der Waals surface area contributed by atoms with Gasteiger partial charge in [-0.15, -0.1) is 0 Å². The van der Waals surface area contributed by atoms with Gasteiger partial charge in [0, 0.05) is 5.56 Å². The number of Topliss-reactive ketones (excluding diaryl/α,β-unsaturated/α-hetero) is 1. The van der Waals surface area contributed by atoms with E-state index in [2.05, 4.69) is 0 Å². The minimum atomic E-state index is -1.19. The number of piperidine rings is 1. The van der Waals surface area contributed by atoms with Crippen molar-refractivity contribution in [2.45, 2.75) is 25.8 Å². The van der Waals surface area contributed by atoms with Crippen molar-refractivity contribution in [2.75, 3.05) is 6.54 Å². The maximum absolute atomic E-state index is 11.9. The molecule has 1 aromatic carbocycles. The van der Waals surface area contributed by atoms with Crippen molar-refractivity contribution < 1.29 is 24.0 Å². The fourth-order valence-corrected chi connectivity index (χ4v) is 2.72. The molecule has 1 aromatic rings. The van der Waals surface area contributed by atoms with E-state index in [9.17, 15) is 19.5 Å². The zero-order chi connectivity index (χ0) is 14.0. The Morgan fingerprint density at radius 2 is 1.89 bits per heavy atom. The van der Waals surface area contributed by atoms with Gasteiger partial charge in [-0.2, -0.15) is 9.28 Å². The van der Waals surface area contributed by atoms with Crippen molar-refractivity contribution in [1.29, 1.82) is 0 Å². The van der Waals surface area contributed by atoms with Gasteiger partial charge in [-0.1, -0.05) is 30.3 Å². The zero-order valence-corrected chi connectivity index (χ0v) is 10.7. The minimum absolute atomic E-state index is 0.00473. The Morgan fingerprint density at radius 3 is 2.42 bits per heavy atom. The molecule has 0 spiro atoms. The van der Waals surface area contributed by atoms with Crippen LogP contribution < -0.4 is 0 Å². The van der Waals surface area contributed by atoms with Crippen LogP contribution in [0.4, 0.5) is 4.79 Å². The lowest BCUT2D eigenvalue weighted by atomic mass is 9.91. The third kappa shape index (κ3) is 2.17. The third-order valence-corrected chi connectivity index (χ3v) is 3.78. The van der Waals surface area contributed by atoms with Gasteiger partial charge in [0.05, 0.1) is 19.8 Å². The van der Waals surface area contributed by atoms with E-state index >= 15 is 0 Å². The van der Waals surface area contributed by atoms with Crippen molar-refractivity contribution in [2.24, 2.45) is 0 Å². The Bertz CT molecular complexity index is 510. The molecule has 1 saturated heterocycles. The first-order valence-electron chi connectivity index (χ1n) is 6.17. The van der Waals surface area contributed by atoms with Gasteiger partial charge in [-0.05, 0) is 0 Å². The van der Waals surface area contributed by atoms with Crippen molar-refractivity contribution >= 4 is 17.8 Å². The predicted molar refractivity (Wildman–Crippen MR) is 67.3 cm³/mol. The number of benzene rings is 1. The summed E-state index contributed by atoms with van der Waals surface area (Å²) in [5, 5.41) is 9.52. The molecule has 0 aromatic heterocycles. The first-order chi connectivity index (χ1) is 8.98. The molecule has 0 aliphatic carbocycles. The molecule has 0 saturated carbocycles. The summed E-state index contributed by atoms with van der Waals surface area (Å²) in [6, 6.07) is 8.29. The zero-order valence-electron chi connectivity index (χ0n) is 10.7. The molecule has 19 heavy (non-hydrogen) atoms. The molecule has 2 unspecified atom stereocenters. The molecule has 1 aliphatic rings. The first kappa shape index (κ1) is 13.4. The molecule has 100 valence electrons. The minimum Gasteiger partial charge on any atom is -0.435 e. The molecular weight excluding hydrogens is 246 g/mol. The van der Waals surface area contributed by atoms with Crippen LogP contribution in [0.15, 0.2) is 30.3 Å². The molecule has 1 heterocycles. The Balaban J connectivity index is 2.53. The summed E-state index contributed by atoms with van der Waals surface area (Å²) in [6.07, 6.45) is -0.959. The van der Waals surface area contributed by atoms with E-state index in [4.69, 9.17) is 0 Å². The van der Waals surface area contributed by atoms with E-state index in [1.807, 2.05) is 6.07 Å². The van der Waals surface area contributed by atoms with Gasteiger partial charge in [-0.3, -0.25) is 4.79 Å². The molecule has 2 rings (SSSR count). The first-order valence-corrected chi connectivity index (χ1v) is 6.17. The van der Waals surface area contributed by atoms with Crippen LogP contribution in [0.3, 0.4) is 0 Å². The van der Waals surface area contributed by atoms with Gasteiger partial charge in [-0.25, -0.2) is 4.79 Å². The van der Waals surface area contributed by atoms with Gasteiger partial charge < -0.3 is 5.11 Å². The highest BCUT2D eigenvalue weighted by atomic mass is 16.4. The highest BCUT2D eigenvalue weighted by Gasteiger charge is 2.53. The molecule has 5 heteroatoms. The number of likely N-dealkylation sites (tertiary alicyclic amines) is 1. The molecule has 1 aliphatic heterocycles. The second-order valence-corrected chi connectivity index (χ2v) is 4.81. The normalized spacial score (nSPS) is 27.0. The number of hydrogen-bond donors (Lipinski definition) is 1. The van der Waals surface area contributed by atoms with Gasteiger partial charge in [0.2, 0.25) is 0 Å². The molecule has 5 nitrogen and oxygen atoms in total. The summed E-state index contributed by atoms with van der Waals surface area (Å²) in [5.41, 5.74) is 0.716. The molecule has 0 radical (unpaired) electrons. The molecule has 2 atom stereocenters. The summed E-state index contributed by atoms with van der Waals surface area (Å²) in [5.74, 6) is -0.432. The standard InChI is InChI=1S/C14H15NO4/c1-10(16)15(14(18)19)8-7-12(17)9-13(15)11-5-3-2-4-6-11/h2-6,13H,7-9H2,1H3/p+1. The monoisotopic (exact) mass is 262 g/mol. The van der Waals surface area contributed by atoms with Gasteiger partial charge in [0.15, 0.2) is 0 Å². The quantitative estimate of drug-likeness (QED) is 0.787. The number of nitrogens with zero attached hydrogens (tertiary/aromatic N) is 1. The van der Waals surface area contributed by atoms with E-state index in [1.54, 1.807) is 24.3 Å². The highest BCUT2D eigenvalue weighted by molar-refractivity contribution is 5.85. The number of imide groups is 1. The maximum Gasteiger partial charge on any atom is 0.521 e. The highest BCUT2D eigenvalue weighted by Crippen LogP contribution is 2.37. The van der Waals surface area contributed by atoms with Gasteiger partial charge in [0.1, 0.15) is 18.4 Å². The number of ketones is 1. The maximum atomic E-state index is 11.9. The molecular formula is C14H16NO4+. The predicted octanol–water partition coefficient (Wildman–Crippen LogP) is 2.13. The smallest absolute Gasteiger partial charge is 0.435 e. The van der Waals surface area contributed by atoms with Crippen molar-refractivity contribution in [3.63, 3.8) is 0 Å². The lowest BCUT2D eigenvalue weighted by molar-refractivity contribution is -0.816. The number of rotatable bonds is 1. The number of quaternary nitrogens is 1. The molecule has 1 fully saturated rings. The number of carbonyl (C=O) groups is 3. The largest absolute Gasteiger partial charge is 0.521 e. The van der Waals surface area contributed by atoms with E-state index in [-0.39, 0.29) is 25.2 Å². The third-order valence-electron chi connectivity index (χ3n) is 3.78. The van der Waals surface area contributed by atoms with E-state index in [0.717, 1.165) is 0 Å². The van der Waals surface area contributed by atoms with Crippen LogP contribution in [0.5, 0.6) is 0 Å². The number of carboxylic acid groups (broad SMARTS) is 1. The summed E-state index contributed by atoms with van der Waals surface area (Å²) in [7, 11) is 0. The lowest BCUT2D eigenvalue weighted by Crippen LogP contribution is -2.60. The Hall–Kier alpha value is -2.01. The number of carbonyl (C=O) groups excluding carboxylic acids is 2. The Labute approximate surface area is 111 Å². The SMILES string of the molecule is CC(=O)[N+]1(C(=O)O)CCC(=O)CC1c1ccccc1. The Kier molecular flexibility index (Phi) is 3.48. The Morgan fingerprint density at radius 1 is 1.26 bits per heavy atom. The van der Waals surface area contributed by atoms with E-state index < -0.39 is 22.5 Å². The van der Waals surface area contributed by atoms with Gasteiger partial charge >= 0.3 is 12.0 Å². The summed E-state index contributed by atoms with van der Waals surface area (Å²) in [4.78, 5) is 35.2. The second kappa shape index (κ2) is 4.93. The van der Waals surface area contributed by atoms with Crippen LogP contribution in [0.2, 0.25) is 0 Å². The fourth-order valence-electron chi connectivity index (χ4n) is 2.72. The van der Waals surface area contributed by atoms with Gasteiger partial charge in [0.25, 0.3) is 0 Å². The van der Waals surface area contributed by atoms with Crippen LogP contribution >= 0.6 is 0 Å². The average Bonchev–Trinajstić information content (AvgIpc) is 2.39. The summed E-state index contributed by atoms with van der Waals surface area (Å²) in [6.45, 7) is 1.31.